The molecular weight excluding hydrogens is 420 g/mol. The van der Waals surface area contributed by atoms with Crippen molar-refractivity contribution in [1.82, 2.24) is 9.78 Å². The van der Waals surface area contributed by atoms with Crippen LogP contribution in [0.2, 0.25) is 5.02 Å². The van der Waals surface area contributed by atoms with Gasteiger partial charge >= 0.3 is 0 Å². The average molecular weight is 441 g/mol. The summed E-state index contributed by atoms with van der Waals surface area (Å²) in [5.74, 6) is 0.186. The summed E-state index contributed by atoms with van der Waals surface area (Å²) in [6.45, 7) is 0.262. The van der Waals surface area contributed by atoms with Crippen LogP contribution in [0.1, 0.15) is 6.42 Å². The molecule has 1 saturated heterocycles. The summed E-state index contributed by atoms with van der Waals surface area (Å²) in [6.07, 6.45) is 3.53. The Morgan fingerprint density at radius 2 is 1.97 bits per heavy atom. The minimum atomic E-state index is -0.509. The van der Waals surface area contributed by atoms with E-state index in [1.54, 1.807) is 71.5 Å². The topological polar surface area (TPSA) is 85.7 Å². The molecule has 8 nitrogen and oxygen atoms in total. The molecule has 31 heavy (non-hydrogen) atoms. The number of halogens is 1. The molecule has 1 atom stereocenters. The maximum Gasteiger partial charge on any atom is 0.229 e. The molecule has 4 rings (SSSR count). The molecule has 0 radical (unpaired) electrons. The van der Waals surface area contributed by atoms with E-state index in [9.17, 15) is 9.59 Å². The molecule has 1 aliphatic heterocycles. The van der Waals surface area contributed by atoms with Crippen LogP contribution in [0, 0.1) is 5.92 Å². The molecule has 0 aliphatic carbocycles. The fourth-order valence-corrected chi connectivity index (χ4v) is 3.75. The number of anilines is 2. The zero-order valence-electron chi connectivity index (χ0n) is 17.0. The molecule has 3 aromatic rings. The number of nitrogens with zero attached hydrogens (tertiary/aromatic N) is 3. The van der Waals surface area contributed by atoms with Crippen molar-refractivity contribution >= 4 is 34.8 Å². The standard InChI is InChI=1S/C22H21ClN4O4/c1-30-19-7-5-16(12-20(19)31-2)26-13-14(10-21(26)28)22(29)25-17-11-15(23)4-6-18(17)27-9-3-8-24-27/h3-9,11-12,14H,10,13H2,1-2H3,(H,25,29). The molecule has 1 fully saturated rings. The first-order valence-electron chi connectivity index (χ1n) is 9.63. The average Bonchev–Trinajstić information content (AvgIpc) is 3.43. The summed E-state index contributed by atoms with van der Waals surface area (Å²) >= 11 is 6.14. The van der Waals surface area contributed by atoms with Crippen molar-refractivity contribution in [2.45, 2.75) is 6.42 Å². The second-order valence-electron chi connectivity index (χ2n) is 7.05. The van der Waals surface area contributed by atoms with Crippen molar-refractivity contribution in [3.05, 3.63) is 59.9 Å². The first kappa shape index (κ1) is 20.7. The van der Waals surface area contributed by atoms with Crippen LogP contribution in [0.5, 0.6) is 11.5 Å². The van der Waals surface area contributed by atoms with Gasteiger partial charge in [0.1, 0.15) is 0 Å². The third-order valence-corrected chi connectivity index (χ3v) is 5.38. The number of nitrogens with one attached hydrogen (secondary N) is 1. The van der Waals surface area contributed by atoms with Crippen LogP contribution >= 0.6 is 11.6 Å². The largest absolute Gasteiger partial charge is 0.493 e. The van der Waals surface area contributed by atoms with Gasteiger partial charge in [-0.3, -0.25) is 9.59 Å². The van der Waals surface area contributed by atoms with Crippen molar-refractivity contribution in [3.8, 4) is 17.2 Å². The third-order valence-electron chi connectivity index (χ3n) is 5.14. The van der Waals surface area contributed by atoms with Gasteiger partial charge in [-0.2, -0.15) is 5.10 Å². The Morgan fingerprint density at radius 3 is 2.68 bits per heavy atom. The van der Waals surface area contributed by atoms with Crippen LogP contribution in [-0.2, 0) is 9.59 Å². The number of aromatic nitrogens is 2. The molecule has 0 spiro atoms. The van der Waals surface area contributed by atoms with Crippen LogP contribution in [0.3, 0.4) is 0 Å². The molecule has 2 aromatic carbocycles. The van der Waals surface area contributed by atoms with Crippen molar-refractivity contribution in [1.29, 1.82) is 0 Å². The van der Waals surface area contributed by atoms with Gasteiger partial charge in [-0.25, -0.2) is 4.68 Å². The molecule has 1 unspecified atom stereocenters. The Balaban J connectivity index is 1.53. The van der Waals surface area contributed by atoms with E-state index in [1.807, 2.05) is 0 Å². The van der Waals surface area contributed by atoms with Gasteiger partial charge in [-0.05, 0) is 36.4 Å². The smallest absolute Gasteiger partial charge is 0.229 e. The summed E-state index contributed by atoms with van der Waals surface area (Å²) in [4.78, 5) is 27.2. The summed E-state index contributed by atoms with van der Waals surface area (Å²) < 4.78 is 12.2. The lowest BCUT2D eigenvalue weighted by Gasteiger charge is -2.19. The number of carbonyl (C=O) groups is 2. The molecule has 0 saturated carbocycles. The normalized spacial score (nSPS) is 15.8. The molecule has 1 aromatic heterocycles. The number of rotatable bonds is 6. The molecule has 0 bridgehead atoms. The maximum absolute atomic E-state index is 13.0. The molecular formula is C22H21ClN4O4. The number of ether oxygens (including phenoxy) is 2. The quantitative estimate of drug-likeness (QED) is 0.633. The lowest BCUT2D eigenvalue weighted by atomic mass is 10.1. The first-order chi connectivity index (χ1) is 15.0. The van der Waals surface area contributed by atoms with Gasteiger partial charge in [-0.1, -0.05) is 11.6 Å². The highest BCUT2D eigenvalue weighted by Gasteiger charge is 2.35. The molecule has 160 valence electrons. The monoisotopic (exact) mass is 440 g/mol. The summed E-state index contributed by atoms with van der Waals surface area (Å²) in [5, 5.41) is 7.61. The number of carbonyl (C=O) groups excluding carboxylic acids is 2. The number of methoxy groups -OCH3 is 2. The minimum Gasteiger partial charge on any atom is -0.493 e. The summed E-state index contributed by atoms with van der Waals surface area (Å²) in [7, 11) is 3.08. The van der Waals surface area contributed by atoms with Gasteiger partial charge in [0.05, 0.1) is 31.5 Å². The van der Waals surface area contributed by atoms with Crippen LogP contribution in [-0.4, -0.2) is 42.4 Å². The van der Waals surface area contributed by atoms with Gasteiger partial charge in [-0.15, -0.1) is 0 Å². The summed E-state index contributed by atoms with van der Waals surface area (Å²) in [5.41, 5.74) is 1.86. The summed E-state index contributed by atoms with van der Waals surface area (Å²) in [6, 6.07) is 12.2. The highest BCUT2D eigenvalue weighted by molar-refractivity contribution is 6.31. The predicted octanol–water partition coefficient (Wildman–Crippen LogP) is 3.53. The minimum absolute atomic E-state index is 0.109. The van der Waals surface area contributed by atoms with E-state index < -0.39 is 5.92 Å². The molecule has 2 heterocycles. The zero-order chi connectivity index (χ0) is 22.0. The lowest BCUT2D eigenvalue weighted by molar-refractivity contribution is -0.122. The fraction of sp³-hybridized carbons (Fsp3) is 0.227. The van der Waals surface area contributed by atoms with E-state index in [1.165, 1.54) is 7.11 Å². The second kappa shape index (κ2) is 8.69. The Hall–Kier alpha value is -3.52. The first-order valence-corrected chi connectivity index (χ1v) is 10.0. The lowest BCUT2D eigenvalue weighted by Crippen LogP contribution is -2.28. The van der Waals surface area contributed by atoms with Gasteiger partial charge in [0, 0.05) is 42.1 Å². The van der Waals surface area contributed by atoms with Crippen LogP contribution < -0.4 is 19.7 Å². The Morgan fingerprint density at radius 1 is 1.16 bits per heavy atom. The third kappa shape index (κ3) is 4.20. The predicted molar refractivity (Wildman–Crippen MR) is 117 cm³/mol. The van der Waals surface area contributed by atoms with Crippen molar-refractivity contribution in [2.24, 2.45) is 5.92 Å². The van der Waals surface area contributed by atoms with Crippen LogP contribution in [0.15, 0.2) is 54.9 Å². The maximum atomic E-state index is 13.0. The number of benzene rings is 2. The van der Waals surface area contributed by atoms with E-state index in [2.05, 4.69) is 10.4 Å². The molecule has 1 aliphatic rings. The van der Waals surface area contributed by atoms with Gasteiger partial charge in [0.2, 0.25) is 11.8 Å². The molecule has 2 amide bonds. The molecule has 1 N–H and O–H groups in total. The van der Waals surface area contributed by atoms with Gasteiger partial charge in [0.25, 0.3) is 0 Å². The van der Waals surface area contributed by atoms with Gasteiger partial charge < -0.3 is 19.7 Å². The van der Waals surface area contributed by atoms with Gasteiger partial charge in [0.15, 0.2) is 11.5 Å². The number of hydrogen-bond acceptors (Lipinski definition) is 5. The van der Waals surface area contributed by atoms with Crippen LogP contribution in [0.4, 0.5) is 11.4 Å². The Kier molecular flexibility index (Phi) is 5.81. The zero-order valence-corrected chi connectivity index (χ0v) is 17.8. The number of hydrogen-bond donors (Lipinski definition) is 1. The van der Waals surface area contributed by atoms with Crippen molar-refractivity contribution in [3.63, 3.8) is 0 Å². The van der Waals surface area contributed by atoms with E-state index in [4.69, 9.17) is 21.1 Å². The van der Waals surface area contributed by atoms with E-state index >= 15 is 0 Å². The number of amides is 2. The van der Waals surface area contributed by atoms with E-state index in [0.717, 1.165) is 0 Å². The second-order valence-corrected chi connectivity index (χ2v) is 7.48. The molecule has 9 heteroatoms. The van der Waals surface area contributed by atoms with E-state index in [-0.39, 0.29) is 24.8 Å². The Bertz CT molecular complexity index is 1120. The highest BCUT2D eigenvalue weighted by atomic mass is 35.5. The van der Waals surface area contributed by atoms with E-state index in [0.29, 0.717) is 33.6 Å². The Labute approximate surface area is 184 Å². The highest BCUT2D eigenvalue weighted by Crippen LogP contribution is 2.34. The fourth-order valence-electron chi connectivity index (χ4n) is 3.58. The van der Waals surface area contributed by atoms with Crippen molar-refractivity contribution < 1.29 is 19.1 Å². The SMILES string of the molecule is COc1ccc(N2CC(C(=O)Nc3cc(Cl)ccc3-n3cccn3)CC2=O)cc1OC. The van der Waals surface area contributed by atoms with Crippen molar-refractivity contribution in [2.75, 3.05) is 31.0 Å². The van der Waals surface area contributed by atoms with Crippen LogP contribution in [0.25, 0.3) is 5.69 Å².